The van der Waals surface area contributed by atoms with Gasteiger partial charge >= 0.3 is 0 Å². The zero-order chi connectivity index (χ0) is 20.4. The van der Waals surface area contributed by atoms with Gasteiger partial charge in [0.05, 0.1) is 12.0 Å². The Morgan fingerprint density at radius 1 is 0.938 bits per heavy atom. The first kappa shape index (κ1) is 28.1. The number of phenols is 2. The first-order valence-corrected chi connectivity index (χ1v) is 10.6. The van der Waals surface area contributed by atoms with Gasteiger partial charge in [0.2, 0.25) is 5.88 Å². The van der Waals surface area contributed by atoms with Crippen LogP contribution in [0.3, 0.4) is 0 Å². The molecule has 1 fully saturated rings. The van der Waals surface area contributed by atoms with Crippen LogP contribution < -0.4 is 9.64 Å². The number of nitrogens with zero attached hydrogens (tertiary/aromatic N) is 3. The fraction of sp³-hybridized carbons (Fsp3) is 0.318. The van der Waals surface area contributed by atoms with E-state index in [0.29, 0.717) is 5.88 Å². The Hall–Kier alpha value is -1.90. The Bertz CT molecular complexity index is 1010. The summed E-state index contributed by atoms with van der Waals surface area (Å²) in [5.41, 5.74) is 3.00. The van der Waals surface area contributed by atoms with Crippen molar-refractivity contribution < 1.29 is 14.9 Å². The molecule has 10 heteroatoms. The lowest BCUT2D eigenvalue weighted by atomic mass is 10.1. The maximum atomic E-state index is 9.82. The molecule has 1 aromatic heterocycles. The zero-order valence-corrected chi connectivity index (χ0v) is 21.1. The zero-order valence-electron chi connectivity index (χ0n) is 17.9. The number of hydrogen-bond acceptors (Lipinski definition) is 7. The maximum absolute atomic E-state index is 9.82. The van der Waals surface area contributed by atoms with E-state index >= 15 is 0 Å². The Morgan fingerprint density at radius 3 is 2.28 bits per heavy atom. The minimum absolute atomic E-state index is 0. The van der Waals surface area contributed by atoms with E-state index in [1.54, 1.807) is 13.2 Å². The summed E-state index contributed by atoms with van der Waals surface area (Å²) in [6.45, 7) is 7.52. The molecule has 3 aromatic rings. The monoisotopic (exact) mass is 519 g/mol. The Balaban J connectivity index is 0.00000171. The Kier molecular flexibility index (Phi) is 10.9. The summed E-state index contributed by atoms with van der Waals surface area (Å²) in [6.07, 6.45) is 0. The van der Waals surface area contributed by atoms with Gasteiger partial charge in [-0.25, -0.2) is 4.98 Å². The number of ether oxygens (including phenoxy) is 1. The molecule has 1 aliphatic heterocycles. The highest BCUT2D eigenvalue weighted by Crippen LogP contribution is 2.42. The molecule has 32 heavy (non-hydrogen) atoms. The number of methoxy groups -OCH3 is 1. The minimum atomic E-state index is -0.161. The lowest BCUT2D eigenvalue weighted by Crippen LogP contribution is -2.46. The third-order valence-electron chi connectivity index (χ3n) is 5.30. The molecule has 2 heterocycles. The second-order valence-electron chi connectivity index (χ2n) is 7.03. The second kappa shape index (κ2) is 12.4. The highest BCUT2D eigenvalue weighted by atomic mass is 35.5. The van der Waals surface area contributed by atoms with Gasteiger partial charge in [-0.15, -0.1) is 48.6 Å². The van der Waals surface area contributed by atoms with Crippen LogP contribution in [0.2, 0.25) is 0 Å². The molecule has 4 rings (SSSR count). The van der Waals surface area contributed by atoms with E-state index in [-0.39, 0.29) is 48.7 Å². The SMILES string of the molecule is CCN1CCN(c2cccc(-c3sc(-c4ccc(O)c(O)c4)nc3OC)c2)CC1.Cl.Cl.Cl. The summed E-state index contributed by atoms with van der Waals surface area (Å²) >= 11 is 1.51. The van der Waals surface area contributed by atoms with Crippen LogP contribution in [0, 0.1) is 0 Å². The number of rotatable bonds is 5. The van der Waals surface area contributed by atoms with E-state index in [0.717, 1.165) is 53.7 Å². The number of hydrogen-bond donors (Lipinski definition) is 2. The normalized spacial score (nSPS) is 13.5. The van der Waals surface area contributed by atoms with Crippen LogP contribution in [0.1, 0.15) is 6.92 Å². The molecule has 0 unspecified atom stereocenters. The highest BCUT2D eigenvalue weighted by molar-refractivity contribution is 7.18. The van der Waals surface area contributed by atoms with Crippen LogP contribution >= 0.6 is 48.6 Å². The third kappa shape index (κ3) is 5.91. The second-order valence-corrected chi connectivity index (χ2v) is 8.03. The number of aromatic hydroxyl groups is 2. The lowest BCUT2D eigenvalue weighted by molar-refractivity contribution is 0.271. The molecule has 0 bridgehead atoms. The molecule has 176 valence electrons. The number of thiazole rings is 1. The maximum Gasteiger partial charge on any atom is 0.232 e. The number of halogens is 3. The predicted octanol–water partition coefficient (Wildman–Crippen LogP) is 5.30. The fourth-order valence-corrected chi connectivity index (χ4v) is 4.60. The van der Waals surface area contributed by atoms with Crippen molar-refractivity contribution >= 4 is 54.2 Å². The summed E-state index contributed by atoms with van der Waals surface area (Å²) in [4.78, 5) is 10.4. The quantitative estimate of drug-likeness (QED) is 0.445. The Morgan fingerprint density at radius 2 is 1.66 bits per heavy atom. The number of benzene rings is 2. The standard InChI is InChI=1S/C22H25N3O3S.3ClH/c1-3-24-9-11-25(12-10-24)17-6-4-5-15(13-17)20-21(28-2)23-22(29-20)16-7-8-18(26)19(27)14-16;;;/h4-8,13-14,26-27H,3,9-12H2,1-2H3;3*1H. The molecule has 2 aromatic carbocycles. The van der Waals surface area contributed by atoms with Gasteiger partial charge in [-0.05, 0) is 42.4 Å². The van der Waals surface area contributed by atoms with Crippen molar-refractivity contribution in [3.05, 3.63) is 42.5 Å². The summed E-state index contributed by atoms with van der Waals surface area (Å²) in [5.74, 6) is 0.255. The molecule has 0 saturated carbocycles. The topological polar surface area (TPSA) is 69.1 Å². The van der Waals surface area contributed by atoms with Crippen molar-refractivity contribution in [1.29, 1.82) is 0 Å². The fourth-order valence-electron chi connectivity index (χ4n) is 3.57. The summed E-state index contributed by atoms with van der Waals surface area (Å²) < 4.78 is 5.54. The van der Waals surface area contributed by atoms with E-state index in [9.17, 15) is 10.2 Å². The van der Waals surface area contributed by atoms with Crippen molar-refractivity contribution in [2.75, 3.05) is 44.7 Å². The molecule has 0 amide bonds. The van der Waals surface area contributed by atoms with E-state index in [2.05, 4.69) is 46.0 Å². The number of anilines is 1. The average molecular weight is 521 g/mol. The molecular weight excluding hydrogens is 493 g/mol. The molecule has 0 radical (unpaired) electrons. The van der Waals surface area contributed by atoms with E-state index < -0.39 is 0 Å². The van der Waals surface area contributed by atoms with E-state index in [1.807, 2.05) is 0 Å². The lowest BCUT2D eigenvalue weighted by Gasteiger charge is -2.35. The molecular formula is C22H28Cl3N3O3S. The van der Waals surface area contributed by atoms with Crippen molar-refractivity contribution in [2.24, 2.45) is 0 Å². The molecule has 2 N–H and O–H groups in total. The van der Waals surface area contributed by atoms with Gasteiger partial charge in [-0.2, -0.15) is 0 Å². The summed E-state index contributed by atoms with van der Waals surface area (Å²) in [7, 11) is 1.62. The van der Waals surface area contributed by atoms with Gasteiger partial charge in [0.1, 0.15) is 5.01 Å². The molecule has 0 spiro atoms. The molecule has 0 atom stereocenters. The van der Waals surface area contributed by atoms with Crippen LogP contribution in [-0.2, 0) is 0 Å². The van der Waals surface area contributed by atoms with Crippen molar-refractivity contribution in [1.82, 2.24) is 9.88 Å². The van der Waals surface area contributed by atoms with Gasteiger partial charge in [0.15, 0.2) is 11.5 Å². The number of piperazine rings is 1. The highest BCUT2D eigenvalue weighted by Gasteiger charge is 2.19. The minimum Gasteiger partial charge on any atom is -0.504 e. The first-order chi connectivity index (χ1) is 14.1. The van der Waals surface area contributed by atoms with Crippen LogP contribution in [0.25, 0.3) is 21.0 Å². The average Bonchev–Trinajstić information content (AvgIpc) is 3.20. The van der Waals surface area contributed by atoms with E-state index in [4.69, 9.17) is 4.74 Å². The van der Waals surface area contributed by atoms with Gasteiger partial charge in [0.25, 0.3) is 0 Å². The van der Waals surface area contributed by atoms with Crippen LogP contribution in [0.5, 0.6) is 17.4 Å². The van der Waals surface area contributed by atoms with Gasteiger partial charge < -0.3 is 24.7 Å². The number of phenolic OH excluding ortho intramolecular Hbond substituents is 2. The van der Waals surface area contributed by atoms with E-state index in [1.165, 1.54) is 29.2 Å². The van der Waals surface area contributed by atoms with Crippen molar-refractivity contribution in [2.45, 2.75) is 6.92 Å². The molecule has 1 aliphatic rings. The van der Waals surface area contributed by atoms with Gasteiger partial charge in [-0.1, -0.05) is 19.1 Å². The number of aromatic nitrogens is 1. The Labute approximate surface area is 211 Å². The summed E-state index contributed by atoms with van der Waals surface area (Å²) in [6, 6.07) is 13.2. The third-order valence-corrected chi connectivity index (χ3v) is 6.44. The summed E-state index contributed by atoms with van der Waals surface area (Å²) in [5, 5.41) is 20.1. The van der Waals surface area contributed by atoms with Gasteiger partial charge in [-0.3, -0.25) is 0 Å². The molecule has 6 nitrogen and oxygen atoms in total. The van der Waals surface area contributed by atoms with Crippen LogP contribution in [0.15, 0.2) is 42.5 Å². The molecule has 1 saturated heterocycles. The smallest absolute Gasteiger partial charge is 0.232 e. The largest absolute Gasteiger partial charge is 0.504 e. The van der Waals surface area contributed by atoms with Crippen LogP contribution in [0.4, 0.5) is 5.69 Å². The predicted molar refractivity (Wildman–Crippen MR) is 139 cm³/mol. The first-order valence-electron chi connectivity index (χ1n) is 9.74. The van der Waals surface area contributed by atoms with Crippen molar-refractivity contribution in [3.63, 3.8) is 0 Å². The van der Waals surface area contributed by atoms with Crippen LogP contribution in [-0.4, -0.2) is 59.9 Å². The molecule has 0 aliphatic carbocycles. The van der Waals surface area contributed by atoms with Crippen molar-refractivity contribution in [3.8, 4) is 38.4 Å². The van der Waals surface area contributed by atoms with Gasteiger partial charge in [0, 0.05) is 37.4 Å². The number of likely N-dealkylation sites (N-methyl/N-ethyl adjacent to an activating group) is 1.